The first kappa shape index (κ1) is 22.2. The molecule has 0 saturated carbocycles. The van der Waals surface area contributed by atoms with Gasteiger partial charge in [0.25, 0.3) is 9.84 Å². The molecular weight excluding hydrogens is 541 g/mol. The van der Waals surface area contributed by atoms with Gasteiger partial charge < -0.3 is 4.42 Å². The molecule has 0 saturated heterocycles. The highest BCUT2D eigenvalue weighted by Gasteiger charge is 2.78. The van der Waals surface area contributed by atoms with E-state index in [0.717, 1.165) is 0 Å². The average molecular weight is 547 g/mol. The Labute approximate surface area is 164 Å². The third-order valence-corrected chi connectivity index (χ3v) is 6.31. The number of halogens is 9. The van der Waals surface area contributed by atoms with Crippen LogP contribution in [0.3, 0.4) is 0 Å². The van der Waals surface area contributed by atoms with E-state index in [1.165, 1.54) is 18.4 Å². The minimum atomic E-state index is -6.82. The van der Waals surface area contributed by atoms with Gasteiger partial charge in [-0.25, -0.2) is 8.42 Å². The molecule has 27 heavy (non-hydrogen) atoms. The van der Waals surface area contributed by atoms with Gasteiger partial charge in [-0.1, -0.05) is 15.9 Å². The molecule has 0 aliphatic heterocycles. The van der Waals surface area contributed by atoms with Crippen LogP contribution in [0.2, 0.25) is 0 Å². The van der Waals surface area contributed by atoms with Crippen LogP contribution < -0.4 is 0 Å². The molecule has 13 heteroatoms. The molecule has 0 N–H and O–H groups in total. The summed E-state index contributed by atoms with van der Waals surface area (Å²) in [6, 6.07) is 5.64. The van der Waals surface area contributed by atoms with Crippen LogP contribution in [0, 0.1) is 6.07 Å². The number of furan rings is 1. The van der Waals surface area contributed by atoms with E-state index < -0.39 is 44.1 Å². The van der Waals surface area contributed by atoms with Crippen LogP contribution >= 0.6 is 31.9 Å². The lowest BCUT2D eigenvalue weighted by molar-refractivity contribution is -0.332. The maximum Gasteiger partial charge on any atom is 0.461 e. The smallest absolute Gasteiger partial charge is 0.461 e. The van der Waals surface area contributed by atoms with Gasteiger partial charge in [0.2, 0.25) is 0 Å². The van der Waals surface area contributed by atoms with Crippen molar-refractivity contribution in [1.82, 2.24) is 0 Å². The first-order valence-electron chi connectivity index (χ1n) is 6.62. The summed E-state index contributed by atoms with van der Waals surface area (Å²) < 4.78 is 121. The molecule has 0 amide bonds. The van der Waals surface area contributed by atoms with E-state index in [9.17, 15) is 39.2 Å². The molecule has 2 aromatic rings. The quantitative estimate of drug-likeness (QED) is 0.448. The van der Waals surface area contributed by atoms with E-state index in [1.807, 2.05) is 0 Å². The van der Waals surface area contributed by atoms with Crippen molar-refractivity contribution < 1.29 is 43.6 Å². The first-order valence-corrected chi connectivity index (χ1v) is 9.69. The maximum absolute atomic E-state index is 14.0. The molecule has 1 aromatic heterocycles. The maximum atomic E-state index is 14.0. The van der Waals surface area contributed by atoms with Crippen molar-refractivity contribution in [3.05, 3.63) is 50.8 Å². The molecule has 3 nitrogen and oxygen atoms in total. The number of hydrogen-bond acceptors (Lipinski definition) is 3. The normalized spacial score (nSPS) is 13.8. The topological polar surface area (TPSA) is 47.3 Å². The van der Waals surface area contributed by atoms with E-state index in [2.05, 4.69) is 37.9 Å². The van der Waals surface area contributed by atoms with Gasteiger partial charge in [0.15, 0.2) is 0 Å². The molecule has 0 aliphatic rings. The van der Waals surface area contributed by atoms with Crippen LogP contribution in [-0.2, 0) is 16.3 Å². The molecule has 149 valence electrons. The van der Waals surface area contributed by atoms with Crippen molar-refractivity contribution in [2.45, 2.75) is 28.7 Å². The molecule has 1 heterocycles. The van der Waals surface area contributed by atoms with Crippen molar-refractivity contribution in [3.63, 3.8) is 0 Å². The van der Waals surface area contributed by atoms with Crippen LogP contribution in [0.1, 0.15) is 11.3 Å². The Kier molecular flexibility index (Phi) is 5.81. The number of hydrogen-bond donors (Lipinski definition) is 0. The Morgan fingerprint density at radius 3 is 2.15 bits per heavy atom. The van der Waals surface area contributed by atoms with Gasteiger partial charge in [0.05, 0.1) is 11.2 Å². The predicted molar refractivity (Wildman–Crippen MR) is 85.3 cm³/mol. The van der Waals surface area contributed by atoms with Crippen LogP contribution in [-0.4, -0.2) is 25.8 Å². The number of alkyl halides is 7. The fourth-order valence-electron chi connectivity index (χ4n) is 1.99. The van der Waals surface area contributed by atoms with Crippen LogP contribution in [0.4, 0.5) is 30.7 Å². The van der Waals surface area contributed by atoms with Gasteiger partial charge in [0, 0.05) is 21.4 Å². The van der Waals surface area contributed by atoms with Gasteiger partial charge in [0.1, 0.15) is 5.76 Å². The highest BCUT2D eigenvalue weighted by Crippen LogP contribution is 2.51. The summed E-state index contributed by atoms with van der Waals surface area (Å²) in [7, 11) is -6.48. The number of sulfone groups is 1. The molecule has 0 spiro atoms. The van der Waals surface area contributed by atoms with Crippen LogP contribution in [0.25, 0.3) is 0 Å². The Hall–Kier alpha value is -1.08. The lowest BCUT2D eigenvalue weighted by Crippen LogP contribution is -2.56. The zero-order chi connectivity index (χ0) is 20.8. The summed E-state index contributed by atoms with van der Waals surface area (Å²) >= 11 is 5.59. The zero-order valence-corrected chi connectivity index (χ0v) is 16.5. The van der Waals surface area contributed by atoms with Crippen molar-refractivity contribution in [2.75, 3.05) is 0 Å². The third-order valence-electron chi connectivity index (χ3n) is 3.33. The fourth-order valence-corrected chi connectivity index (χ4v) is 5.03. The van der Waals surface area contributed by atoms with Crippen LogP contribution in [0.5, 0.6) is 0 Å². The molecule has 1 radical (unpaired) electrons. The molecule has 2 rings (SSSR count). The Bertz CT molecular complexity index is 938. The first-order chi connectivity index (χ1) is 12.1. The third kappa shape index (κ3) is 3.77. The minimum Gasteiger partial charge on any atom is -0.469 e. The molecule has 0 atom stereocenters. The summed E-state index contributed by atoms with van der Waals surface area (Å²) in [5.74, 6) is -6.77. The standard InChI is InChI=1S/C14H6Br2F7O3S/c15-7-4-10(16)9(6-8-2-1-3-26-8)11(5-7)27(24,25)14(22,23)12(17,18)13(19,20)21/h1-3,5H,6H2. The fraction of sp³-hybridized carbons (Fsp3) is 0.286. The number of benzene rings is 1. The minimum absolute atomic E-state index is 0.0498. The number of rotatable bonds is 5. The molecular formula is C14H6Br2F7O3S. The highest BCUT2D eigenvalue weighted by molar-refractivity contribution is 9.11. The highest BCUT2D eigenvalue weighted by atomic mass is 79.9. The van der Waals surface area contributed by atoms with Crippen molar-refractivity contribution >= 4 is 41.7 Å². The van der Waals surface area contributed by atoms with E-state index in [1.54, 1.807) is 0 Å². The van der Waals surface area contributed by atoms with Crippen molar-refractivity contribution in [1.29, 1.82) is 0 Å². The SMILES string of the molecule is O=S(=O)(c1cc(Br)[c]c(Br)c1Cc1ccco1)C(F)(F)C(F)(F)C(F)(F)F. The lowest BCUT2D eigenvalue weighted by Gasteiger charge is -2.28. The van der Waals surface area contributed by atoms with Crippen LogP contribution in [0.15, 0.2) is 42.7 Å². The van der Waals surface area contributed by atoms with Crippen molar-refractivity contribution in [3.8, 4) is 0 Å². The Balaban J connectivity index is 2.72. The molecule has 0 bridgehead atoms. The van der Waals surface area contributed by atoms with Gasteiger partial charge >= 0.3 is 17.4 Å². The van der Waals surface area contributed by atoms with E-state index in [0.29, 0.717) is 6.07 Å². The molecule has 0 fully saturated rings. The summed E-state index contributed by atoms with van der Waals surface area (Å²) in [4.78, 5) is -1.43. The van der Waals surface area contributed by atoms with E-state index >= 15 is 0 Å². The largest absolute Gasteiger partial charge is 0.469 e. The van der Waals surface area contributed by atoms with Gasteiger partial charge in [-0.15, -0.1) is 0 Å². The second kappa shape index (κ2) is 7.07. The van der Waals surface area contributed by atoms with E-state index in [-0.39, 0.29) is 14.7 Å². The summed E-state index contributed by atoms with van der Waals surface area (Å²) in [6.07, 6.45) is -6.11. The Morgan fingerprint density at radius 1 is 1.07 bits per heavy atom. The van der Waals surface area contributed by atoms with Crippen molar-refractivity contribution in [2.24, 2.45) is 0 Å². The summed E-state index contributed by atoms with van der Waals surface area (Å²) in [5.41, 5.74) is -0.522. The second-order valence-electron chi connectivity index (χ2n) is 5.12. The molecule has 1 aromatic carbocycles. The molecule has 0 aliphatic carbocycles. The monoisotopic (exact) mass is 545 g/mol. The van der Waals surface area contributed by atoms with Gasteiger partial charge in [-0.3, -0.25) is 0 Å². The summed E-state index contributed by atoms with van der Waals surface area (Å²) in [6.45, 7) is 0. The van der Waals surface area contributed by atoms with E-state index in [4.69, 9.17) is 4.42 Å². The zero-order valence-electron chi connectivity index (χ0n) is 12.6. The molecule has 0 unspecified atom stereocenters. The van der Waals surface area contributed by atoms with Gasteiger partial charge in [-0.05, 0) is 39.7 Å². The summed E-state index contributed by atoms with van der Waals surface area (Å²) in [5, 5.41) is -6.46. The predicted octanol–water partition coefficient (Wildman–Crippen LogP) is 5.76. The average Bonchev–Trinajstić information content (AvgIpc) is 3.01. The second-order valence-corrected chi connectivity index (χ2v) is 8.73. The van der Waals surface area contributed by atoms with Gasteiger partial charge in [-0.2, -0.15) is 30.7 Å². The Morgan fingerprint density at radius 2 is 1.67 bits per heavy atom. The lowest BCUT2D eigenvalue weighted by atomic mass is 10.1.